The van der Waals surface area contributed by atoms with Gasteiger partial charge in [0, 0.05) is 12.2 Å². The monoisotopic (exact) mass is 292 g/mol. The number of hydrogen-bond acceptors (Lipinski definition) is 3. The molecule has 0 aliphatic heterocycles. The Bertz CT molecular complexity index is 455. The third-order valence-corrected chi connectivity index (χ3v) is 2.68. The molecule has 116 valence electrons. The maximum atomic E-state index is 11.7. The molecule has 5 heteroatoms. The van der Waals surface area contributed by atoms with Crippen molar-refractivity contribution >= 4 is 17.5 Å². The molecule has 0 saturated heterocycles. The largest absolute Gasteiger partial charge is 0.491 e. The van der Waals surface area contributed by atoms with E-state index in [1.807, 2.05) is 20.8 Å². The van der Waals surface area contributed by atoms with Crippen LogP contribution in [0.1, 0.15) is 40.0 Å². The highest BCUT2D eigenvalue weighted by atomic mass is 16.5. The third-order valence-electron chi connectivity index (χ3n) is 2.68. The van der Waals surface area contributed by atoms with E-state index in [1.165, 1.54) is 0 Å². The van der Waals surface area contributed by atoms with Crippen molar-refractivity contribution < 1.29 is 14.3 Å². The van der Waals surface area contributed by atoms with Gasteiger partial charge in [-0.25, -0.2) is 0 Å². The van der Waals surface area contributed by atoms with E-state index in [9.17, 15) is 9.59 Å². The first-order valence-corrected chi connectivity index (χ1v) is 7.34. The number of carbonyl (C=O) groups is 2. The fraction of sp³-hybridized carbons (Fsp3) is 0.500. The topological polar surface area (TPSA) is 67.4 Å². The molecule has 0 spiro atoms. The summed E-state index contributed by atoms with van der Waals surface area (Å²) >= 11 is 0. The summed E-state index contributed by atoms with van der Waals surface area (Å²) in [5.41, 5.74) is 0.650. The van der Waals surface area contributed by atoms with E-state index in [0.29, 0.717) is 12.2 Å². The second-order valence-corrected chi connectivity index (χ2v) is 5.12. The highest BCUT2D eigenvalue weighted by Crippen LogP contribution is 2.16. The summed E-state index contributed by atoms with van der Waals surface area (Å²) in [6.45, 7) is 6.56. The molecule has 0 aromatic heterocycles. The maximum Gasteiger partial charge on any atom is 0.233 e. The fourth-order valence-corrected chi connectivity index (χ4v) is 1.71. The molecule has 1 rings (SSSR count). The van der Waals surface area contributed by atoms with Gasteiger partial charge in [-0.2, -0.15) is 0 Å². The smallest absolute Gasteiger partial charge is 0.233 e. The molecular formula is C16H24N2O3. The lowest BCUT2D eigenvalue weighted by Crippen LogP contribution is -2.28. The molecule has 0 radical (unpaired) electrons. The van der Waals surface area contributed by atoms with E-state index in [0.717, 1.165) is 18.6 Å². The molecule has 21 heavy (non-hydrogen) atoms. The number of anilines is 1. The second kappa shape index (κ2) is 9.00. The maximum absolute atomic E-state index is 11.7. The zero-order chi connectivity index (χ0) is 15.7. The van der Waals surface area contributed by atoms with Crippen molar-refractivity contribution in [2.24, 2.45) is 0 Å². The van der Waals surface area contributed by atoms with E-state index in [1.54, 1.807) is 24.3 Å². The predicted molar refractivity (Wildman–Crippen MR) is 83.4 cm³/mol. The van der Waals surface area contributed by atoms with Gasteiger partial charge in [0.05, 0.1) is 6.10 Å². The Labute approximate surface area is 126 Å². The summed E-state index contributed by atoms with van der Waals surface area (Å²) in [4.78, 5) is 23.2. The quantitative estimate of drug-likeness (QED) is 0.572. The average Bonchev–Trinajstić information content (AvgIpc) is 2.40. The fourth-order valence-electron chi connectivity index (χ4n) is 1.71. The van der Waals surface area contributed by atoms with Crippen molar-refractivity contribution in [1.29, 1.82) is 0 Å². The van der Waals surface area contributed by atoms with Crippen LogP contribution in [0, 0.1) is 0 Å². The number of unbranched alkanes of at least 4 members (excludes halogenated alkanes) is 1. The van der Waals surface area contributed by atoms with Gasteiger partial charge in [0.15, 0.2) is 0 Å². The van der Waals surface area contributed by atoms with Crippen LogP contribution in [-0.4, -0.2) is 24.5 Å². The molecule has 2 amide bonds. The van der Waals surface area contributed by atoms with Crippen LogP contribution in [0.3, 0.4) is 0 Å². The van der Waals surface area contributed by atoms with Gasteiger partial charge < -0.3 is 15.4 Å². The van der Waals surface area contributed by atoms with Crippen molar-refractivity contribution in [3.05, 3.63) is 24.3 Å². The van der Waals surface area contributed by atoms with Crippen LogP contribution in [0.15, 0.2) is 24.3 Å². The lowest BCUT2D eigenvalue weighted by molar-refractivity contribution is -0.126. The highest BCUT2D eigenvalue weighted by molar-refractivity contribution is 6.03. The summed E-state index contributed by atoms with van der Waals surface area (Å²) < 4.78 is 5.52. The Balaban J connectivity index is 2.38. The number of carbonyl (C=O) groups excluding carboxylic acids is 2. The van der Waals surface area contributed by atoms with Crippen LogP contribution in [0.4, 0.5) is 5.69 Å². The Morgan fingerprint density at radius 1 is 1.14 bits per heavy atom. The average molecular weight is 292 g/mol. The summed E-state index contributed by atoms with van der Waals surface area (Å²) in [6, 6.07) is 7.09. The Morgan fingerprint density at radius 2 is 1.81 bits per heavy atom. The van der Waals surface area contributed by atoms with Crippen LogP contribution in [-0.2, 0) is 9.59 Å². The van der Waals surface area contributed by atoms with Crippen LogP contribution in [0.25, 0.3) is 0 Å². The van der Waals surface area contributed by atoms with Crippen molar-refractivity contribution in [2.75, 3.05) is 11.9 Å². The van der Waals surface area contributed by atoms with E-state index in [4.69, 9.17) is 4.74 Å². The third kappa shape index (κ3) is 7.34. The number of benzene rings is 1. The molecule has 0 aliphatic carbocycles. The zero-order valence-electron chi connectivity index (χ0n) is 12.9. The molecule has 1 aromatic carbocycles. The van der Waals surface area contributed by atoms with E-state index < -0.39 is 0 Å². The van der Waals surface area contributed by atoms with Crippen LogP contribution in [0.5, 0.6) is 5.75 Å². The Morgan fingerprint density at radius 3 is 2.38 bits per heavy atom. The number of amides is 2. The molecule has 0 heterocycles. The van der Waals surface area contributed by atoms with Crippen LogP contribution in [0.2, 0.25) is 0 Å². The molecule has 0 atom stereocenters. The van der Waals surface area contributed by atoms with Crippen molar-refractivity contribution in [3.63, 3.8) is 0 Å². The standard InChI is InChI=1S/C16H24N2O3/c1-4-5-10-17-15(19)11-16(20)18-13-6-8-14(9-7-13)21-12(2)3/h6-9,12H,4-5,10-11H2,1-3H3,(H,17,19)(H,18,20). The minimum atomic E-state index is -0.318. The van der Waals surface area contributed by atoms with Crippen molar-refractivity contribution in [3.8, 4) is 5.75 Å². The Hall–Kier alpha value is -2.04. The predicted octanol–water partition coefficient (Wildman–Crippen LogP) is 2.72. The van der Waals surface area contributed by atoms with E-state index in [2.05, 4.69) is 10.6 Å². The Kier molecular flexibility index (Phi) is 7.29. The normalized spacial score (nSPS) is 10.3. The first kappa shape index (κ1) is 17.0. The number of ether oxygens (including phenoxy) is 1. The van der Waals surface area contributed by atoms with Gasteiger partial charge in [0.2, 0.25) is 11.8 Å². The zero-order valence-corrected chi connectivity index (χ0v) is 12.9. The number of rotatable bonds is 8. The van der Waals surface area contributed by atoms with Crippen molar-refractivity contribution in [1.82, 2.24) is 5.32 Å². The van der Waals surface area contributed by atoms with Gasteiger partial charge in [-0.05, 0) is 44.5 Å². The molecule has 1 aromatic rings. The SMILES string of the molecule is CCCCNC(=O)CC(=O)Nc1ccc(OC(C)C)cc1. The minimum absolute atomic E-state index is 0.109. The van der Waals surface area contributed by atoms with E-state index >= 15 is 0 Å². The molecule has 0 bridgehead atoms. The van der Waals surface area contributed by atoms with E-state index in [-0.39, 0.29) is 24.3 Å². The van der Waals surface area contributed by atoms with Gasteiger partial charge in [-0.1, -0.05) is 13.3 Å². The van der Waals surface area contributed by atoms with Gasteiger partial charge in [-0.3, -0.25) is 9.59 Å². The number of nitrogens with one attached hydrogen (secondary N) is 2. The molecular weight excluding hydrogens is 268 g/mol. The molecule has 0 saturated carbocycles. The number of hydrogen-bond donors (Lipinski definition) is 2. The lowest BCUT2D eigenvalue weighted by Gasteiger charge is -2.10. The molecule has 0 fully saturated rings. The van der Waals surface area contributed by atoms with Gasteiger partial charge in [0.25, 0.3) is 0 Å². The first-order chi connectivity index (χ1) is 10.0. The summed E-state index contributed by atoms with van der Waals surface area (Å²) in [6.07, 6.45) is 1.88. The highest BCUT2D eigenvalue weighted by Gasteiger charge is 2.09. The molecule has 0 unspecified atom stereocenters. The first-order valence-electron chi connectivity index (χ1n) is 7.34. The minimum Gasteiger partial charge on any atom is -0.491 e. The lowest BCUT2D eigenvalue weighted by atomic mass is 10.2. The van der Waals surface area contributed by atoms with Gasteiger partial charge in [0.1, 0.15) is 12.2 Å². The van der Waals surface area contributed by atoms with Gasteiger partial charge >= 0.3 is 0 Å². The van der Waals surface area contributed by atoms with Crippen molar-refractivity contribution in [2.45, 2.75) is 46.1 Å². The summed E-state index contributed by atoms with van der Waals surface area (Å²) in [7, 11) is 0. The molecule has 0 aliphatic rings. The van der Waals surface area contributed by atoms with Crippen LogP contribution >= 0.6 is 0 Å². The summed E-state index contributed by atoms with van der Waals surface area (Å²) in [5.74, 6) is 0.183. The second-order valence-electron chi connectivity index (χ2n) is 5.12. The van der Waals surface area contributed by atoms with Gasteiger partial charge in [-0.15, -0.1) is 0 Å². The summed E-state index contributed by atoms with van der Waals surface area (Å²) in [5, 5.41) is 5.40. The van der Waals surface area contributed by atoms with Crippen LogP contribution < -0.4 is 15.4 Å². The molecule has 2 N–H and O–H groups in total. The molecule has 5 nitrogen and oxygen atoms in total.